The van der Waals surface area contributed by atoms with E-state index < -0.39 is 0 Å². The van der Waals surface area contributed by atoms with Crippen molar-refractivity contribution in [1.82, 2.24) is 0 Å². The maximum atomic E-state index is 6.24. The number of hydrogen-bond donors (Lipinski definition) is 0. The van der Waals surface area contributed by atoms with Gasteiger partial charge in [-0.2, -0.15) is 0 Å². The van der Waals surface area contributed by atoms with Gasteiger partial charge in [0.2, 0.25) is 0 Å². The molecule has 0 bridgehead atoms. The highest BCUT2D eigenvalue weighted by Gasteiger charge is 2.31. The molecule has 0 aliphatic carbocycles. The molecule has 0 heterocycles. The van der Waals surface area contributed by atoms with Crippen molar-refractivity contribution < 1.29 is 9.47 Å². The minimum atomic E-state index is -0.0712. The van der Waals surface area contributed by atoms with E-state index in [1.807, 2.05) is 13.3 Å². The molecule has 168 valence electrons. The van der Waals surface area contributed by atoms with E-state index in [1.165, 1.54) is 33.1 Å². The van der Waals surface area contributed by atoms with Gasteiger partial charge in [0, 0.05) is 37.5 Å². The minimum absolute atomic E-state index is 0.0712. The van der Waals surface area contributed by atoms with E-state index in [-0.39, 0.29) is 11.9 Å². The zero-order chi connectivity index (χ0) is 23.0. The van der Waals surface area contributed by atoms with Gasteiger partial charge in [-0.1, -0.05) is 89.2 Å². The third kappa shape index (κ3) is 5.65. The second kappa shape index (κ2) is 11.4. The van der Waals surface area contributed by atoms with Gasteiger partial charge in [0.15, 0.2) is 6.79 Å². The van der Waals surface area contributed by atoms with Gasteiger partial charge in [-0.05, 0) is 40.9 Å². The molecule has 3 aromatic carbocycles. The molecule has 32 heavy (non-hydrogen) atoms. The summed E-state index contributed by atoms with van der Waals surface area (Å²) in [5.41, 5.74) is 6.21. The molecule has 0 spiro atoms. The van der Waals surface area contributed by atoms with Crippen molar-refractivity contribution in [1.29, 1.82) is 0 Å². The number of para-hydroxylation sites is 1. The SMILES string of the molecule is CCC(C)(Pc1c(C)cccc1C=NC)c1cccc(Cc2ccccc2)c1OCOC. The maximum Gasteiger partial charge on any atom is 0.188 e. The molecule has 0 fully saturated rings. The number of benzene rings is 3. The predicted octanol–water partition coefficient (Wildman–Crippen LogP) is 6.25. The topological polar surface area (TPSA) is 30.8 Å². The fourth-order valence-electron chi connectivity index (χ4n) is 3.99. The van der Waals surface area contributed by atoms with E-state index in [9.17, 15) is 0 Å². The lowest BCUT2D eigenvalue weighted by Crippen LogP contribution is -2.23. The highest BCUT2D eigenvalue weighted by atomic mass is 31.1. The highest BCUT2D eigenvalue weighted by molar-refractivity contribution is 7.49. The smallest absolute Gasteiger partial charge is 0.188 e. The van der Waals surface area contributed by atoms with Crippen LogP contribution in [0.3, 0.4) is 0 Å². The van der Waals surface area contributed by atoms with Gasteiger partial charge in [0.25, 0.3) is 0 Å². The molecule has 0 radical (unpaired) electrons. The average molecular weight is 448 g/mol. The van der Waals surface area contributed by atoms with Crippen molar-refractivity contribution in [3.8, 4) is 5.75 Å². The number of ether oxygens (including phenoxy) is 2. The molecular weight excluding hydrogens is 413 g/mol. The van der Waals surface area contributed by atoms with E-state index in [2.05, 4.69) is 92.5 Å². The fourth-order valence-corrected chi connectivity index (χ4v) is 5.63. The molecule has 3 aromatic rings. The predicted molar refractivity (Wildman–Crippen MR) is 138 cm³/mol. The first kappa shape index (κ1) is 24.2. The zero-order valence-corrected chi connectivity index (χ0v) is 20.8. The summed E-state index contributed by atoms with van der Waals surface area (Å²) in [4.78, 5) is 4.29. The van der Waals surface area contributed by atoms with Crippen LogP contribution in [0.2, 0.25) is 0 Å². The van der Waals surface area contributed by atoms with Gasteiger partial charge in [-0.25, -0.2) is 0 Å². The van der Waals surface area contributed by atoms with Crippen LogP contribution >= 0.6 is 8.58 Å². The number of rotatable bonds is 10. The van der Waals surface area contributed by atoms with Gasteiger partial charge in [-0.15, -0.1) is 0 Å². The number of aliphatic imine (C=N–C) groups is 1. The Hall–Kier alpha value is -2.48. The molecule has 0 amide bonds. The number of nitrogens with zero attached hydrogens (tertiary/aromatic N) is 1. The summed E-state index contributed by atoms with van der Waals surface area (Å²) in [5, 5.41) is 1.30. The Morgan fingerprint density at radius 2 is 1.75 bits per heavy atom. The maximum absolute atomic E-state index is 6.24. The Labute approximate surface area is 194 Å². The lowest BCUT2D eigenvalue weighted by molar-refractivity contribution is 0.0494. The normalized spacial score (nSPS) is 13.7. The summed E-state index contributed by atoms with van der Waals surface area (Å²) >= 11 is 0. The third-order valence-electron chi connectivity index (χ3n) is 5.93. The zero-order valence-electron chi connectivity index (χ0n) is 19.8. The summed E-state index contributed by atoms with van der Waals surface area (Å²) in [6.07, 6.45) is 3.80. The van der Waals surface area contributed by atoms with E-state index in [0.29, 0.717) is 8.58 Å². The largest absolute Gasteiger partial charge is 0.467 e. The lowest BCUT2D eigenvalue weighted by atomic mass is 9.92. The van der Waals surface area contributed by atoms with Crippen molar-refractivity contribution in [3.63, 3.8) is 0 Å². The van der Waals surface area contributed by atoms with Crippen molar-refractivity contribution in [2.45, 2.75) is 38.8 Å². The number of aryl methyl sites for hydroxylation is 1. The summed E-state index contributed by atoms with van der Waals surface area (Å²) in [5.74, 6) is 0.953. The molecule has 0 saturated carbocycles. The average Bonchev–Trinajstić information content (AvgIpc) is 2.81. The molecule has 2 atom stereocenters. The van der Waals surface area contributed by atoms with Crippen molar-refractivity contribution in [2.24, 2.45) is 4.99 Å². The minimum Gasteiger partial charge on any atom is -0.467 e. The summed E-state index contributed by atoms with van der Waals surface area (Å²) < 4.78 is 11.5. The Morgan fingerprint density at radius 1 is 1.00 bits per heavy atom. The van der Waals surface area contributed by atoms with Crippen LogP contribution in [-0.2, 0) is 16.3 Å². The lowest BCUT2D eigenvalue weighted by Gasteiger charge is -2.33. The summed E-state index contributed by atoms with van der Waals surface area (Å²) in [7, 11) is 4.09. The van der Waals surface area contributed by atoms with Crippen LogP contribution in [-0.4, -0.2) is 27.2 Å². The molecule has 4 heteroatoms. The van der Waals surface area contributed by atoms with Crippen LogP contribution in [0.15, 0.2) is 71.7 Å². The molecule has 3 nitrogen and oxygen atoms in total. The van der Waals surface area contributed by atoms with Gasteiger partial charge >= 0.3 is 0 Å². The number of methoxy groups -OCH3 is 1. The first-order valence-corrected chi connectivity index (χ1v) is 12.1. The van der Waals surface area contributed by atoms with Gasteiger partial charge in [0.1, 0.15) is 5.75 Å². The molecule has 0 N–H and O–H groups in total. The second-order valence-electron chi connectivity index (χ2n) is 8.24. The second-order valence-corrected chi connectivity index (χ2v) is 10.1. The Bertz CT molecular complexity index is 1050. The molecule has 0 aliphatic rings. The van der Waals surface area contributed by atoms with Crippen molar-refractivity contribution >= 4 is 20.1 Å². The van der Waals surface area contributed by atoms with Gasteiger partial charge < -0.3 is 9.47 Å². The monoisotopic (exact) mass is 447 g/mol. The first-order valence-electron chi connectivity index (χ1n) is 11.1. The molecular formula is C28H34NO2P. The van der Waals surface area contributed by atoms with E-state index in [4.69, 9.17) is 9.47 Å². The Balaban J connectivity index is 2.08. The molecule has 2 unspecified atom stereocenters. The summed E-state index contributed by atoms with van der Waals surface area (Å²) in [6, 6.07) is 23.6. The van der Waals surface area contributed by atoms with Crippen LogP contribution < -0.4 is 10.0 Å². The Kier molecular flexibility index (Phi) is 8.61. The molecule has 0 aromatic heterocycles. The molecule has 0 aliphatic heterocycles. The van der Waals surface area contributed by atoms with Crippen LogP contribution in [0.5, 0.6) is 5.75 Å². The van der Waals surface area contributed by atoms with Crippen LogP contribution in [0, 0.1) is 6.92 Å². The molecule has 0 saturated heterocycles. The van der Waals surface area contributed by atoms with Crippen LogP contribution in [0.1, 0.15) is 48.1 Å². The van der Waals surface area contributed by atoms with Crippen molar-refractivity contribution in [2.75, 3.05) is 21.0 Å². The van der Waals surface area contributed by atoms with E-state index in [0.717, 1.165) is 18.6 Å². The first-order chi connectivity index (χ1) is 15.5. The van der Waals surface area contributed by atoms with Crippen LogP contribution in [0.4, 0.5) is 0 Å². The summed E-state index contributed by atoms with van der Waals surface area (Å²) in [6.45, 7) is 7.05. The van der Waals surface area contributed by atoms with Gasteiger partial charge in [-0.3, -0.25) is 4.99 Å². The number of hydrogen-bond acceptors (Lipinski definition) is 3. The third-order valence-corrected chi connectivity index (χ3v) is 8.04. The highest BCUT2D eigenvalue weighted by Crippen LogP contribution is 2.49. The quantitative estimate of drug-likeness (QED) is 0.209. The van der Waals surface area contributed by atoms with Crippen LogP contribution in [0.25, 0.3) is 0 Å². The van der Waals surface area contributed by atoms with E-state index >= 15 is 0 Å². The standard InChI is InChI=1S/C28H34NO2P/c1-6-28(3,32-27-21(2)12-10-16-24(27)19-29-4)25-17-11-15-23(26(25)31-20-30-5)18-22-13-8-7-9-14-22/h7-17,19,32H,6,18,20H2,1-5H3. The van der Waals surface area contributed by atoms with Gasteiger partial charge in [0.05, 0.1) is 0 Å². The Morgan fingerprint density at radius 3 is 2.44 bits per heavy atom. The molecule has 3 rings (SSSR count). The fraction of sp³-hybridized carbons (Fsp3) is 0.321. The van der Waals surface area contributed by atoms with Crippen molar-refractivity contribution in [3.05, 3.63) is 94.5 Å². The van der Waals surface area contributed by atoms with E-state index in [1.54, 1.807) is 7.11 Å².